The average molecular weight is 240 g/mol. The molecule has 1 nitrogen and oxygen atoms in total. The van der Waals surface area contributed by atoms with Crippen LogP contribution in [0.15, 0.2) is 24.3 Å². The highest BCUT2D eigenvalue weighted by molar-refractivity contribution is 6.18. The zero-order chi connectivity index (χ0) is 12.0. The van der Waals surface area contributed by atoms with Crippen molar-refractivity contribution in [1.29, 1.82) is 0 Å². The molecule has 0 saturated carbocycles. The van der Waals surface area contributed by atoms with Crippen LogP contribution >= 0.6 is 11.6 Å². The molecule has 0 aromatic heterocycles. The average Bonchev–Trinajstić information content (AvgIpc) is 2.31. The van der Waals surface area contributed by atoms with Crippen molar-refractivity contribution in [1.82, 2.24) is 5.32 Å². The highest BCUT2D eigenvalue weighted by atomic mass is 35.5. The Hall–Kier alpha value is -0.530. The van der Waals surface area contributed by atoms with Crippen LogP contribution in [-0.4, -0.2) is 11.9 Å². The molecule has 2 heteroatoms. The number of halogens is 1. The van der Waals surface area contributed by atoms with Gasteiger partial charge in [-0.2, -0.15) is 0 Å². The lowest BCUT2D eigenvalue weighted by molar-refractivity contribution is 0.538. The second-order valence-electron chi connectivity index (χ2n) is 4.54. The van der Waals surface area contributed by atoms with E-state index >= 15 is 0 Å². The summed E-state index contributed by atoms with van der Waals surface area (Å²) in [5.41, 5.74) is 2.72. The topological polar surface area (TPSA) is 12.0 Å². The third-order valence-electron chi connectivity index (χ3n) is 2.92. The summed E-state index contributed by atoms with van der Waals surface area (Å²) in [5.74, 6) is 1.29. The molecule has 16 heavy (non-hydrogen) atoms. The lowest BCUT2D eigenvalue weighted by Gasteiger charge is -2.14. The third-order valence-corrected chi connectivity index (χ3v) is 3.29. The Morgan fingerprint density at radius 1 is 1.19 bits per heavy atom. The number of hydrogen-bond donors (Lipinski definition) is 1. The van der Waals surface area contributed by atoms with Crippen LogP contribution in [0.5, 0.6) is 0 Å². The van der Waals surface area contributed by atoms with Crippen LogP contribution in [0.2, 0.25) is 0 Å². The van der Waals surface area contributed by atoms with E-state index in [1.807, 2.05) is 0 Å². The monoisotopic (exact) mass is 239 g/mol. The molecule has 0 amide bonds. The third kappa shape index (κ3) is 4.15. The number of alkyl halides is 1. The molecule has 90 valence electrons. The Kier molecular flexibility index (Phi) is 5.86. The zero-order valence-corrected chi connectivity index (χ0v) is 11.2. The molecule has 0 fully saturated rings. The molecule has 0 aliphatic rings. The summed E-state index contributed by atoms with van der Waals surface area (Å²) >= 11 is 5.84. The molecule has 0 bridgehead atoms. The van der Waals surface area contributed by atoms with Gasteiger partial charge in [0, 0.05) is 18.5 Å². The number of hydrogen-bond acceptors (Lipinski definition) is 1. The van der Waals surface area contributed by atoms with Crippen molar-refractivity contribution in [3.8, 4) is 0 Å². The molecule has 0 aliphatic carbocycles. The van der Waals surface area contributed by atoms with E-state index in [0.717, 1.165) is 13.0 Å². The molecule has 1 aromatic rings. The lowest BCUT2D eigenvalue weighted by atomic mass is 10.0. The van der Waals surface area contributed by atoms with Crippen molar-refractivity contribution in [3.05, 3.63) is 35.4 Å². The van der Waals surface area contributed by atoms with Crippen LogP contribution < -0.4 is 5.32 Å². The SMILES string of the molecule is CCC(CCl)NCc1ccc(C(C)C)cc1. The molecule has 0 aliphatic heterocycles. The van der Waals surface area contributed by atoms with Crippen LogP contribution in [0.1, 0.15) is 44.2 Å². The molecule has 0 spiro atoms. The van der Waals surface area contributed by atoms with E-state index in [4.69, 9.17) is 11.6 Å². The van der Waals surface area contributed by atoms with E-state index in [1.165, 1.54) is 11.1 Å². The first-order valence-corrected chi connectivity index (χ1v) is 6.59. The smallest absolute Gasteiger partial charge is 0.0377 e. The molecular formula is C14H22ClN. The number of rotatable bonds is 6. The zero-order valence-electron chi connectivity index (χ0n) is 10.5. The Morgan fingerprint density at radius 3 is 2.25 bits per heavy atom. The quantitative estimate of drug-likeness (QED) is 0.742. The molecule has 0 saturated heterocycles. The predicted octanol–water partition coefficient (Wildman–Crippen LogP) is 3.92. The Bertz CT molecular complexity index is 288. The summed E-state index contributed by atoms with van der Waals surface area (Å²) in [6.45, 7) is 7.49. The van der Waals surface area contributed by atoms with Gasteiger partial charge in [0.2, 0.25) is 0 Å². The first kappa shape index (κ1) is 13.5. The Balaban J connectivity index is 2.49. The maximum absolute atomic E-state index is 5.84. The van der Waals surface area contributed by atoms with Gasteiger partial charge in [-0.05, 0) is 23.5 Å². The van der Waals surface area contributed by atoms with Crippen molar-refractivity contribution in [2.24, 2.45) is 0 Å². The van der Waals surface area contributed by atoms with Crippen molar-refractivity contribution in [2.45, 2.75) is 45.7 Å². The molecule has 0 radical (unpaired) electrons. The van der Waals surface area contributed by atoms with E-state index in [2.05, 4.69) is 50.4 Å². The fourth-order valence-electron chi connectivity index (χ4n) is 1.59. The maximum atomic E-state index is 5.84. The molecule has 0 heterocycles. The summed E-state index contributed by atoms with van der Waals surface area (Å²) in [4.78, 5) is 0. The van der Waals surface area contributed by atoms with E-state index in [0.29, 0.717) is 17.8 Å². The van der Waals surface area contributed by atoms with Gasteiger partial charge in [0.25, 0.3) is 0 Å². The van der Waals surface area contributed by atoms with Gasteiger partial charge in [-0.1, -0.05) is 45.0 Å². The minimum absolute atomic E-state index is 0.423. The fraction of sp³-hybridized carbons (Fsp3) is 0.571. The first-order valence-electron chi connectivity index (χ1n) is 6.05. The molecule has 1 aromatic carbocycles. The Morgan fingerprint density at radius 2 is 1.81 bits per heavy atom. The minimum Gasteiger partial charge on any atom is -0.309 e. The van der Waals surface area contributed by atoms with Crippen LogP contribution in [-0.2, 0) is 6.54 Å². The normalized spacial score (nSPS) is 13.1. The largest absolute Gasteiger partial charge is 0.309 e. The van der Waals surface area contributed by atoms with Crippen molar-refractivity contribution in [2.75, 3.05) is 5.88 Å². The summed E-state index contributed by atoms with van der Waals surface area (Å²) in [7, 11) is 0. The molecule has 1 unspecified atom stereocenters. The molecule has 1 N–H and O–H groups in total. The number of nitrogens with one attached hydrogen (secondary N) is 1. The minimum atomic E-state index is 0.423. The van der Waals surface area contributed by atoms with E-state index in [1.54, 1.807) is 0 Å². The Labute approximate surface area is 104 Å². The van der Waals surface area contributed by atoms with E-state index in [9.17, 15) is 0 Å². The van der Waals surface area contributed by atoms with Crippen molar-refractivity contribution < 1.29 is 0 Å². The predicted molar refractivity (Wildman–Crippen MR) is 72.2 cm³/mol. The highest BCUT2D eigenvalue weighted by Crippen LogP contribution is 2.14. The second kappa shape index (κ2) is 6.93. The van der Waals surface area contributed by atoms with Crippen LogP contribution in [0.3, 0.4) is 0 Å². The van der Waals surface area contributed by atoms with Crippen LogP contribution in [0, 0.1) is 0 Å². The van der Waals surface area contributed by atoms with Gasteiger partial charge < -0.3 is 5.32 Å². The fourth-order valence-corrected chi connectivity index (χ4v) is 1.92. The molecule has 1 atom stereocenters. The van der Waals surface area contributed by atoms with E-state index in [-0.39, 0.29) is 0 Å². The highest BCUT2D eigenvalue weighted by Gasteiger charge is 2.03. The van der Waals surface area contributed by atoms with Gasteiger partial charge in [0.1, 0.15) is 0 Å². The van der Waals surface area contributed by atoms with Gasteiger partial charge in [0.15, 0.2) is 0 Å². The first-order chi connectivity index (χ1) is 7.67. The number of benzene rings is 1. The van der Waals surface area contributed by atoms with Gasteiger partial charge >= 0.3 is 0 Å². The van der Waals surface area contributed by atoms with Gasteiger partial charge in [-0.15, -0.1) is 11.6 Å². The van der Waals surface area contributed by atoms with Gasteiger partial charge in [0.05, 0.1) is 0 Å². The maximum Gasteiger partial charge on any atom is 0.0377 e. The lowest BCUT2D eigenvalue weighted by Crippen LogP contribution is -2.29. The second-order valence-corrected chi connectivity index (χ2v) is 4.85. The van der Waals surface area contributed by atoms with Crippen LogP contribution in [0.25, 0.3) is 0 Å². The molecule has 1 rings (SSSR count). The summed E-state index contributed by atoms with van der Waals surface area (Å²) < 4.78 is 0. The van der Waals surface area contributed by atoms with Crippen LogP contribution in [0.4, 0.5) is 0 Å². The summed E-state index contributed by atoms with van der Waals surface area (Å²) in [6.07, 6.45) is 1.08. The van der Waals surface area contributed by atoms with E-state index < -0.39 is 0 Å². The summed E-state index contributed by atoms with van der Waals surface area (Å²) in [5, 5.41) is 3.45. The van der Waals surface area contributed by atoms with Gasteiger partial charge in [-0.3, -0.25) is 0 Å². The van der Waals surface area contributed by atoms with Crippen molar-refractivity contribution in [3.63, 3.8) is 0 Å². The summed E-state index contributed by atoms with van der Waals surface area (Å²) in [6, 6.07) is 9.24. The van der Waals surface area contributed by atoms with Crippen molar-refractivity contribution >= 4 is 11.6 Å². The standard InChI is InChI=1S/C14H22ClN/c1-4-14(9-15)16-10-12-5-7-13(8-6-12)11(2)3/h5-8,11,14,16H,4,9-10H2,1-3H3. The molecular weight excluding hydrogens is 218 g/mol. The van der Waals surface area contributed by atoms with Gasteiger partial charge in [-0.25, -0.2) is 0 Å².